The number of nitrogens with two attached hydrogens (primary N) is 1. The molecule has 2 N–H and O–H groups in total. The number of ether oxygens (including phenoxy) is 1. The maximum absolute atomic E-state index is 8.97. The zero-order chi connectivity index (χ0) is 13.7. The molecule has 0 fully saturated rings. The summed E-state index contributed by atoms with van der Waals surface area (Å²) in [6.07, 6.45) is 0. The first-order valence-corrected chi connectivity index (χ1v) is 5.65. The van der Waals surface area contributed by atoms with Gasteiger partial charge in [-0.2, -0.15) is 10.5 Å². The Morgan fingerprint density at radius 1 is 1.05 bits per heavy atom. The third-order valence-electron chi connectivity index (χ3n) is 2.66. The van der Waals surface area contributed by atoms with Gasteiger partial charge in [0.05, 0.1) is 29.0 Å². The van der Waals surface area contributed by atoms with Gasteiger partial charge in [0.25, 0.3) is 0 Å². The van der Waals surface area contributed by atoms with E-state index in [9.17, 15) is 0 Å². The van der Waals surface area contributed by atoms with Crippen molar-refractivity contribution in [1.82, 2.24) is 0 Å². The molecule has 0 saturated carbocycles. The minimum Gasteiger partial charge on any atom is -0.487 e. The largest absolute Gasteiger partial charge is 0.487 e. The number of nitrogens with zero attached hydrogens (tertiary/aromatic N) is 2. The van der Waals surface area contributed by atoms with E-state index in [-0.39, 0.29) is 6.61 Å². The lowest BCUT2D eigenvalue weighted by atomic mass is 10.1. The maximum atomic E-state index is 8.97. The lowest BCUT2D eigenvalue weighted by Crippen LogP contribution is -2.00. The Morgan fingerprint density at radius 2 is 1.84 bits per heavy atom. The van der Waals surface area contributed by atoms with Gasteiger partial charge >= 0.3 is 0 Å². The predicted molar refractivity (Wildman–Crippen MR) is 71.1 cm³/mol. The molecule has 0 aliphatic heterocycles. The number of benzene rings is 2. The maximum Gasteiger partial charge on any atom is 0.142 e. The van der Waals surface area contributed by atoms with Crippen LogP contribution in [0.1, 0.15) is 16.7 Å². The minimum absolute atomic E-state index is 0.264. The molecule has 92 valence electrons. The molecule has 0 spiro atoms. The molecule has 0 bridgehead atoms. The Labute approximate surface area is 111 Å². The van der Waals surface area contributed by atoms with Gasteiger partial charge < -0.3 is 10.5 Å². The van der Waals surface area contributed by atoms with Crippen LogP contribution in [0.4, 0.5) is 5.69 Å². The Hall–Kier alpha value is -2.98. The molecular formula is C15H11N3O. The van der Waals surface area contributed by atoms with Crippen molar-refractivity contribution in [3.63, 3.8) is 0 Å². The average molecular weight is 249 g/mol. The Balaban J connectivity index is 2.16. The molecule has 2 rings (SSSR count). The van der Waals surface area contributed by atoms with Crippen LogP contribution in [0.2, 0.25) is 0 Å². The molecule has 0 heterocycles. The first-order chi connectivity index (χ1) is 9.24. The first kappa shape index (κ1) is 12.5. The van der Waals surface area contributed by atoms with Gasteiger partial charge in [0.2, 0.25) is 0 Å². The highest BCUT2D eigenvalue weighted by Gasteiger charge is 2.05. The standard InChI is InChI=1S/C15H11N3O/c16-8-11-5-6-15(14(18)7-11)19-10-13-4-2-1-3-12(13)9-17/h1-7H,10,18H2. The summed E-state index contributed by atoms with van der Waals surface area (Å²) in [7, 11) is 0. The van der Waals surface area contributed by atoms with E-state index in [1.54, 1.807) is 30.3 Å². The van der Waals surface area contributed by atoms with Crippen molar-refractivity contribution in [3.05, 3.63) is 59.2 Å². The monoisotopic (exact) mass is 249 g/mol. The molecule has 0 aliphatic rings. The van der Waals surface area contributed by atoms with Crippen molar-refractivity contribution in [2.75, 3.05) is 5.73 Å². The fourth-order valence-electron chi connectivity index (χ4n) is 1.66. The molecule has 0 amide bonds. The summed E-state index contributed by atoms with van der Waals surface area (Å²) in [4.78, 5) is 0. The molecule has 2 aromatic carbocycles. The van der Waals surface area contributed by atoms with E-state index >= 15 is 0 Å². The normalized spacial score (nSPS) is 9.37. The van der Waals surface area contributed by atoms with Crippen molar-refractivity contribution in [1.29, 1.82) is 10.5 Å². The minimum atomic E-state index is 0.264. The Bertz CT molecular complexity index is 681. The molecule has 0 saturated heterocycles. The highest BCUT2D eigenvalue weighted by atomic mass is 16.5. The van der Waals surface area contributed by atoms with E-state index < -0.39 is 0 Å². The van der Waals surface area contributed by atoms with Gasteiger partial charge in [-0.1, -0.05) is 18.2 Å². The molecule has 0 aliphatic carbocycles. The molecule has 0 radical (unpaired) electrons. The van der Waals surface area contributed by atoms with E-state index in [4.69, 9.17) is 21.0 Å². The summed E-state index contributed by atoms with van der Waals surface area (Å²) in [6, 6.07) is 16.2. The smallest absolute Gasteiger partial charge is 0.142 e. The number of hydrogen-bond donors (Lipinski definition) is 1. The van der Waals surface area contributed by atoms with Gasteiger partial charge in [0.15, 0.2) is 0 Å². The van der Waals surface area contributed by atoms with Crippen molar-refractivity contribution < 1.29 is 4.74 Å². The molecule has 19 heavy (non-hydrogen) atoms. The number of nitriles is 2. The number of nitrogen functional groups attached to an aromatic ring is 1. The second kappa shape index (κ2) is 5.57. The molecule has 4 nitrogen and oxygen atoms in total. The van der Waals surface area contributed by atoms with Crippen LogP contribution in [0.3, 0.4) is 0 Å². The van der Waals surface area contributed by atoms with Crippen LogP contribution in [-0.2, 0) is 6.61 Å². The van der Waals surface area contributed by atoms with Crippen molar-refractivity contribution in [3.8, 4) is 17.9 Å². The quantitative estimate of drug-likeness (QED) is 0.847. The van der Waals surface area contributed by atoms with Gasteiger partial charge in [0, 0.05) is 5.56 Å². The van der Waals surface area contributed by atoms with Crippen molar-refractivity contribution in [2.45, 2.75) is 6.61 Å². The van der Waals surface area contributed by atoms with E-state index in [0.717, 1.165) is 5.56 Å². The lowest BCUT2D eigenvalue weighted by molar-refractivity contribution is 0.307. The summed E-state index contributed by atoms with van der Waals surface area (Å²) < 4.78 is 5.58. The van der Waals surface area contributed by atoms with Crippen LogP contribution in [-0.4, -0.2) is 0 Å². The molecule has 0 unspecified atom stereocenters. The highest BCUT2D eigenvalue weighted by molar-refractivity contribution is 5.56. The van der Waals surface area contributed by atoms with Gasteiger partial charge in [-0.25, -0.2) is 0 Å². The summed E-state index contributed by atoms with van der Waals surface area (Å²) >= 11 is 0. The average Bonchev–Trinajstić information content (AvgIpc) is 2.46. The number of anilines is 1. The zero-order valence-electron chi connectivity index (χ0n) is 10.1. The van der Waals surface area contributed by atoms with E-state index in [2.05, 4.69) is 6.07 Å². The molecule has 4 heteroatoms. The molecule has 2 aromatic rings. The van der Waals surface area contributed by atoms with Crippen LogP contribution >= 0.6 is 0 Å². The van der Waals surface area contributed by atoms with Crippen LogP contribution in [0, 0.1) is 22.7 Å². The van der Waals surface area contributed by atoms with Crippen LogP contribution < -0.4 is 10.5 Å². The molecule has 0 aromatic heterocycles. The number of rotatable bonds is 3. The first-order valence-electron chi connectivity index (χ1n) is 5.65. The highest BCUT2D eigenvalue weighted by Crippen LogP contribution is 2.23. The molecule has 0 atom stereocenters. The third-order valence-corrected chi connectivity index (χ3v) is 2.66. The van der Waals surface area contributed by atoms with E-state index in [1.807, 2.05) is 18.2 Å². The van der Waals surface area contributed by atoms with Crippen LogP contribution in [0.25, 0.3) is 0 Å². The molecular weight excluding hydrogens is 238 g/mol. The second-order valence-corrected chi connectivity index (χ2v) is 3.92. The van der Waals surface area contributed by atoms with Gasteiger partial charge in [-0.15, -0.1) is 0 Å². The van der Waals surface area contributed by atoms with E-state index in [0.29, 0.717) is 22.6 Å². The topological polar surface area (TPSA) is 82.8 Å². The Morgan fingerprint density at radius 3 is 2.53 bits per heavy atom. The zero-order valence-corrected chi connectivity index (χ0v) is 10.1. The fraction of sp³-hybridized carbons (Fsp3) is 0.0667. The fourth-order valence-corrected chi connectivity index (χ4v) is 1.66. The third kappa shape index (κ3) is 2.83. The van der Waals surface area contributed by atoms with E-state index in [1.165, 1.54) is 0 Å². The second-order valence-electron chi connectivity index (χ2n) is 3.92. The summed E-state index contributed by atoms with van der Waals surface area (Å²) in [5.74, 6) is 0.506. The van der Waals surface area contributed by atoms with Crippen LogP contribution in [0.5, 0.6) is 5.75 Å². The lowest BCUT2D eigenvalue weighted by Gasteiger charge is -2.09. The van der Waals surface area contributed by atoms with Crippen LogP contribution in [0.15, 0.2) is 42.5 Å². The predicted octanol–water partition coefficient (Wildman–Crippen LogP) is 2.59. The van der Waals surface area contributed by atoms with Gasteiger partial charge in [-0.3, -0.25) is 0 Å². The van der Waals surface area contributed by atoms with Crippen molar-refractivity contribution >= 4 is 5.69 Å². The van der Waals surface area contributed by atoms with Gasteiger partial charge in [0.1, 0.15) is 12.4 Å². The Kier molecular flexibility index (Phi) is 3.66. The van der Waals surface area contributed by atoms with Crippen molar-refractivity contribution in [2.24, 2.45) is 0 Å². The summed E-state index contributed by atoms with van der Waals surface area (Å²) in [6.45, 7) is 0.264. The SMILES string of the molecule is N#Cc1ccc(OCc2ccccc2C#N)c(N)c1. The summed E-state index contributed by atoms with van der Waals surface area (Å²) in [5, 5.41) is 17.7. The number of hydrogen-bond acceptors (Lipinski definition) is 4. The summed E-state index contributed by atoms with van der Waals surface area (Å²) in [5.41, 5.74) is 8.07. The van der Waals surface area contributed by atoms with Gasteiger partial charge in [-0.05, 0) is 24.3 Å².